The molecule has 2 fully saturated rings. The van der Waals surface area contributed by atoms with Crippen molar-refractivity contribution in [3.63, 3.8) is 0 Å². The van der Waals surface area contributed by atoms with E-state index < -0.39 is 5.41 Å². The molecule has 1 atom stereocenters. The van der Waals surface area contributed by atoms with Gasteiger partial charge < -0.3 is 10.4 Å². The van der Waals surface area contributed by atoms with E-state index in [2.05, 4.69) is 15.5 Å². The standard InChI is InChI=1S/C16H21N3O2/c20-12-9-13(21)17-15-16(12,11-7-2-1-3-8-11)14(18-19-15)10-5-4-6-10/h9-11,20H,1-8H2,(H,17,19,21). The lowest BCUT2D eigenvalue weighted by molar-refractivity contribution is -0.115. The fourth-order valence-electron chi connectivity index (χ4n) is 4.38. The van der Waals surface area contributed by atoms with Gasteiger partial charge in [0.15, 0.2) is 5.84 Å². The molecule has 0 radical (unpaired) electrons. The molecule has 112 valence electrons. The van der Waals surface area contributed by atoms with E-state index in [1.54, 1.807) is 0 Å². The highest BCUT2D eigenvalue weighted by Crippen LogP contribution is 2.51. The van der Waals surface area contributed by atoms with E-state index in [-0.39, 0.29) is 11.7 Å². The lowest BCUT2D eigenvalue weighted by Crippen LogP contribution is -2.57. The van der Waals surface area contributed by atoms with Crippen molar-refractivity contribution in [3.05, 3.63) is 11.8 Å². The van der Waals surface area contributed by atoms with Crippen LogP contribution in [-0.2, 0) is 4.79 Å². The van der Waals surface area contributed by atoms with E-state index in [0.717, 1.165) is 31.4 Å². The largest absolute Gasteiger partial charge is 0.511 e. The molecule has 2 saturated carbocycles. The van der Waals surface area contributed by atoms with E-state index in [9.17, 15) is 9.90 Å². The van der Waals surface area contributed by atoms with Crippen LogP contribution >= 0.6 is 0 Å². The zero-order chi connectivity index (χ0) is 14.4. The quantitative estimate of drug-likeness (QED) is 0.819. The number of fused-ring (bicyclic) bond motifs is 1. The molecule has 2 aliphatic carbocycles. The molecule has 4 rings (SSSR count). The third-order valence-electron chi connectivity index (χ3n) is 5.66. The molecule has 0 saturated heterocycles. The molecular formula is C16H21N3O2. The average Bonchev–Trinajstić information content (AvgIpc) is 2.78. The Kier molecular flexibility index (Phi) is 2.91. The second-order valence-corrected chi connectivity index (χ2v) is 6.72. The monoisotopic (exact) mass is 287 g/mol. The minimum atomic E-state index is -0.626. The third-order valence-corrected chi connectivity index (χ3v) is 5.66. The van der Waals surface area contributed by atoms with Crippen LogP contribution in [0.25, 0.3) is 0 Å². The summed E-state index contributed by atoms with van der Waals surface area (Å²) < 4.78 is 0. The summed E-state index contributed by atoms with van der Waals surface area (Å²) in [5, 5.41) is 22.3. The zero-order valence-corrected chi connectivity index (χ0v) is 12.1. The Morgan fingerprint density at radius 2 is 1.86 bits per heavy atom. The fraction of sp³-hybridized carbons (Fsp3) is 0.688. The first-order valence-corrected chi connectivity index (χ1v) is 8.11. The van der Waals surface area contributed by atoms with Crippen molar-refractivity contribution in [2.24, 2.45) is 27.5 Å². The first-order valence-electron chi connectivity index (χ1n) is 8.11. The smallest absolute Gasteiger partial charge is 0.252 e. The molecule has 5 nitrogen and oxygen atoms in total. The normalized spacial score (nSPS) is 33.5. The van der Waals surface area contributed by atoms with Crippen LogP contribution in [0, 0.1) is 17.3 Å². The Bertz CT molecular complexity index is 568. The fourth-order valence-corrected chi connectivity index (χ4v) is 4.38. The second kappa shape index (κ2) is 4.68. The third kappa shape index (κ3) is 1.72. The summed E-state index contributed by atoms with van der Waals surface area (Å²) >= 11 is 0. The Hall–Kier alpha value is -1.65. The number of nitrogens with zero attached hydrogens (tertiary/aromatic N) is 2. The summed E-state index contributed by atoms with van der Waals surface area (Å²) in [5.41, 5.74) is 0.378. The molecule has 4 aliphatic rings. The number of nitrogens with one attached hydrogen (secondary N) is 1. The van der Waals surface area contributed by atoms with Gasteiger partial charge >= 0.3 is 0 Å². The van der Waals surface area contributed by atoms with Gasteiger partial charge in [-0.05, 0) is 31.6 Å². The molecular weight excluding hydrogens is 266 g/mol. The van der Waals surface area contributed by atoms with Crippen LogP contribution in [0.3, 0.4) is 0 Å². The number of hydrogen-bond donors (Lipinski definition) is 2. The van der Waals surface area contributed by atoms with Gasteiger partial charge in [-0.2, -0.15) is 5.10 Å². The molecule has 1 unspecified atom stereocenters. The first kappa shape index (κ1) is 13.0. The molecule has 5 heteroatoms. The number of hydrogen-bond acceptors (Lipinski definition) is 4. The van der Waals surface area contributed by atoms with Crippen LogP contribution in [0.15, 0.2) is 22.0 Å². The van der Waals surface area contributed by atoms with Crippen LogP contribution in [0.4, 0.5) is 0 Å². The number of amides is 1. The van der Waals surface area contributed by atoms with Crippen molar-refractivity contribution in [1.29, 1.82) is 0 Å². The van der Waals surface area contributed by atoms with Crippen molar-refractivity contribution >= 4 is 17.5 Å². The molecule has 2 aliphatic heterocycles. The van der Waals surface area contributed by atoms with Gasteiger partial charge in [0.1, 0.15) is 11.2 Å². The van der Waals surface area contributed by atoms with Crippen LogP contribution in [0.2, 0.25) is 0 Å². The van der Waals surface area contributed by atoms with Gasteiger partial charge in [0, 0.05) is 12.0 Å². The van der Waals surface area contributed by atoms with Crippen LogP contribution < -0.4 is 5.32 Å². The number of amidine groups is 1. The number of aliphatic hydroxyl groups excluding tert-OH is 1. The molecule has 21 heavy (non-hydrogen) atoms. The lowest BCUT2D eigenvalue weighted by atomic mass is 9.59. The number of carbonyl (C=O) groups is 1. The van der Waals surface area contributed by atoms with Gasteiger partial charge in [-0.25, -0.2) is 0 Å². The van der Waals surface area contributed by atoms with Crippen molar-refractivity contribution in [1.82, 2.24) is 5.32 Å². The van der Waals surface area contributed by atoms with Gasteiger partial charge in [-0.15, -0.1) is 5.10 Å². The average molecular weight is 287 g/mol. The minimum absolute atomic E-state index is 0.167. The Morgan fingerprint density at radius 1 is 1.10 bits per heavy atom. The van der Waals surface area contributed by atoms with Crippen molar-refractivity contribution in [2.75, 3.05) is 0 Å². The van der Waals surface area contributed by atoms with Gasteiger partial charge in [0.25, 0.3) is 5.91 Å². The summed E-state index contributed by atoms with van der Waals surface area (Å²) in [6.45, 7) is 0. The molecule has 0 spiro atoms. The molecule has 0 aromatic heterocycles. The summed E-state index contributed by atoms with van der Waals surface area (Å²) in [6, 6.07) is 0. The summed E-state index contributed by atoms with van der Waals surface area (Å²) in [6.07, 6.45) is 10.6. The van der Waals surface area contributed by atoms with Gasteiger partial charge in [0.2, 0.25) is 0 Å². The maximum absolute atomic E-state index is 11.7. The van der Waals surface area contributed by atoms with E-state index in [4.69, 9.17) is 0 Å². The van der Waals surface area contributed by atoms with Gasteiger partial charge in [-0.3, -0.25) is 4.79 Å². The predicted octanol–water partition coefficient (Wildman–Crippen LogP) is 2.69. The minimum Gasteiger partial charge on any atom is -0.511 e. The van der Waals surface area contributed by atoms with Gasteiger partial charge in [0.05, 0.1) is 5.71 Å². The summed E-state index contributed by atoms with van der Waals surface area (Å²) in [7, 11) is 0. The Balaban J connectivity index is 1.81. The maximum Gasteiger partial charge on any atom is 0.252 e. The molecule has 2 heterocycles. The SMILES string of the molecule is O=C1C=C(O)C2(C3CCCCC3)C(=NN=C2C2CCC2)N1. The van der Waals surface area contributed by atoms with Crippen molar-refractivity contribution in [3.8, 4) is 0 Å². The molecule has 1 amide bonds. The lowest BCUT2D eigenvalue weighted by Gasteiger charge is -2.45. The van der Waals surface area contributed by atoms with Crippen molar-refractivity contribution in [2.45, 2.75) is 51.4 Å². The summed E-state index contributed by atoms with van der Waals surface area (Å²) in [4.78, 5) is 11.7. The van der Waals surface area contributed by atoms with E-state index in [0.29, 0.717) is 17.7 Å². The maximum atomic E-state index is 11.7. The van der Waals surface area contributed by atoms with E-state index in [1.165, 1.54) is 31.8 Å². The van der Waals surface area contributed by atoms with E-state index in [1.807, 2.05) is 0 Å². The molecule has 0 bridgehead atoms. The predicted molar refractivity (Wildman–Crippen MR) is 80.1 cm³/mol. The molecule has 0 aromatic carbocycles. The van der Waals surface area contributed by atoms with Crippen LogP contribution in [0.5, 0.6) is 0 Å². The zero-order valence-electron chi connectivity index (χ0n) is 12.1. The van der Waals surface area contributed by atoms with Gasteiger partial charge in [-0.1, -0.05) is 25.7 Å². The Labute approximate surface area is 124 Å². The number of carbonyl (C=O) groups excluding carboxylic acids is 1. The number of rotatable bonds is 2. The second-order valence-electron chi connectivity index (χ2n) is 6.72. The van der Waals surface area contributed by atoms with E-state index >= 15 is 0 Å². The molecule has 0 aromatic rings. The highest BCUT2D eigenvalue weighted by molar-refractivity contribution is 6.23. The Morgan fingerprint density at radius 3 is 2.52 bits per heavy atom. The van der Waals surface area contributed by atoms with Crippen molar-refractivity contribution < 1.29 is 9.90 Å². The highest BCUT2D eigenvalue weighted by Gasteiger charge is 2.58. The topological polar surface area (TPSA) is 74.0 Å². The van der Waals surface area contributed by atoms with Crippen LogP contribution in [0.1, 0.15) is 51.4 Å². The first-order chi connectivity index (χ1) is 10.2. The molecule has 2 N–H and O–H groups in total. The summed E-state index contributed by atoms with van der Waals surface area (Å²) in [5.74, 6) is 1.17. The highest BCUT2D eigenvalue weighted by atomic mass is 16.3. The number of aliphatic hydroxyl groups is 1. The van der Waals surface area contributed by atoms with Crippen LogP contribution in [-0.4, -0.2) is 22.6 Å².